The summed E-state index contributed by atoms with van der Waals surface area (Å²) in [5.74, 6) is 0.412. The van der Waals surface area contributed by atoms with Gasteiger partial charge in [0.05, 0.1) is 11.6 Å². The van der Waals surface area contributed by atoms with E-state index in [-0.39, 0.29) is 0 Å². The second-order valence-electron chi connectivity index (χ2n) is 5.57. The van der Waals surface area contributed by atoms with E-state index in [0.717, 1.165) is 12.1 Å². The van der Waals surface area contributed by atoms with Crippen molar-refractivity contribution >= 4 is 22.9 Å². The van der Waals surface area contributed by atoms with Crippen molar-refractivity contribution in [1.82, 2.24) is 15.0 Å². The van der Waals surface area contributed by atoms with Crippen LogP contribution in [0.4, 0.5) is 24.7 Å². The molecule has 144 valence electrons. The Balaban J connectivity index is 1.94. The molecule has 2 rings (SSSR count). The second kappa shape index (κ2) is 9.10. The van der Waals surface area contributed by atoms with Crippen molar-refractivity contribution in [2.24, 2.45) is 0 Å². The molecule has 0 radical (unpaired) electrons. The van der Waals surface area contributed by atoms with Gasteiger partial charge in [0, 0.05) is 30.1 Å². The van der Waals surface area contributed by atoms with Crippen molar-refractivity contribution in [2.75, 3.05) is 30.0 Å². The minimum absolute atomic E-state index is 0.316. The lowest BCUT2D eigenvalue weighted by molar-refractivity contribution is -0.137. The fraction of sp³-hybridized carbons (Fsp3) is 0.467. The average molecular weight is 391 g/mol. The first-order valence-electron chi connectivity index (χ1n) is 7.84. The van der Waals surface area contributed by atoms with Gasteiger partial charge >= 0.3 is 6.18 Å². The van der Waals surface area contributed by atoms with E-state index in [1.54, 1.807) is 19.2 Å². The molecule has 1 aromatic carbocycles. The molecule has 26 heavy (non-hydrogen) atoms. The van der Waals surface area contributed by atoms with Crippen molar-refractivity contribution in [2.45, 2.75) is 25.6 Å². The lowest BCUT2D eigenvalue weighted by Crippen LogP contribution is -2.24. The summed E-state index contributed by atoms with van der Waals surface area (Å²) in [5.41, 5.74) is 0.0393. The minimum Gasteiger partial charge on any atom is -0.598 e. The van der Waals surface area contributed by atoms with Crippen LogP contribution in [0.2, 0.25) is 0 Å². The standard InChI is InChI=1S/C15H20F3N5O2S/c1-10(21-12-6-3-5-11(9-12)15(16,17)18)13-14(23-25-22-13)19-7-4-8-20-26(2)24/h3,5-6,9-10,20-21H,4,7-8H2,1-2H3,(H,19,23). The minimum atomic E-state index is -4.40. The lowest BCUT2D eigenvalue weighted by Gasteiger charge is -2.15. The van der Waals surface area contributed by atoms with Crippen LogP contribution in [0.5, 0.6) is 0 Å². The Morgan fingerprint density at radius 1 is 1.27 bits per heavy atom. The zero-order valence-electron chi connectivity index (χ0n) is 14.3. The SMILES string of the molecule is CC(Nc1cccc(C(F)(F)F)c1)c1nonc1NCCCN[S+](C)[O-]. The number of aromatic nitrogens is 2. The van der Waals surface area contributed by atoms with E-state index in [4.69, 9.17) is 4.63 Å². The third-order valence-electron chi connectivity index (χ3n) is 3.45. The molecule has 0 saturated carbocycles. The molecule has 2 atom stereocenters. The number of benzene rings is 1. The van der Waals surface area contributed by atoms with Gasteiger partial charge in [0.2, 0.25) is 0 Å². The fourth-order valence-corrected chi connectivity index (χ4v) is 2.65. The Hall–Kier alpha value is -1.98. The molecule has 1 aromatic heterocycles. The van der Waals surface area contributed by atoms with Gasteiger partial charge < -0.3 is 15.2 Å². The van der Waals surface area contributed by atoms with Gasteiger partial charge in [-0.3, -0.25) is 0 Å². The Morgan fingerprint density at radius 2 is 2.04 bits per heavy atom. The first-order valence-corrected chi connectivity index (χ1v) is 9.40. The third kappa shape index (κ3) is 6.07. The van der Waals surface area contributed by atoms with Crippen LogP contribution in [-0.4, -0.2) is 34.2 Å². The van der Waals surface area contributed by atoms with Crippen molar-refractivity contribution in [3.63, 3.8) is 0 Å². The maximum Gasteiger partial charge on any atom is 0.416 e. The zero-order chi connectivity index (χ0) is 19.2. The molecule has 0 saturated heterocycles. The highest BCUT2D eigenvalue weighted by molar-refractivity contribution is 7.88. The molecular weight excluding hydrogens is 371 g/mol. The predicted molar refractivity (Wildman–Crippen MR) is 93.0 cm³/mol. The van der Waals surface area contributed by atoms with Crippen LogP contribution in [0.1, 0.15) is 30.6 Å². The maximum atomic E-state index is 12.8. The topological polar surface area (TPSA) is 98.1 Å². The van der Waals surface area contributed by atoms with Gasteiger partial charge in [-0.25, -0.2) is 4.63 Å². The normalized spacial score (nSPS) is 14.1. The van der Waals surface area contributed by atoms with Crippen LogP contribution in [0.3, 0.4) is 0 Å². The van der Waals surface area contributed by atoms with E-state index in [1.807, 2.05) is 0 Å². The summed E-state index contributed by atoms with van der Waals surface area (Å²) < 4.78 is 56.8. The molecule has 2 aromatic rings. The van der Waals surface area contributed by atoms with Gasteiger partial charge in [-0.1, -0.05) is 11.2 Å². The number of rotatable bonds is 9. The smallest absolute Gasteiger partial charge is 0.416 e. The molecule has 2 unspecified atom stereocenters. The van der Waals surface area contributed by atoms with Crippen LogP contribution in [0, 0.1) is 0 Å². The highest BCUT2D eigenvalue weighted by Gasteiger charge is 2.30. The lowest BCUT2D eigenvalue weighted by atomic mass is 10.1. The summed E-state index contributed by atoms with van der Waals surface area (Å²) in [5, 5.41) is 13.6. The third-order valence-corrected chi connectivity index (χ3v) is 4.06. The number of nitrogens with one attached hydrogen (secondary N) is 3. The number of hydrogen-bond acceptors (Lipinski definition) is 7. The molecule has 7 nitrogen and oxygen atoms in total. The van der Waals surface area contributed by atoms with Gasteiger partial charge in [-0.2, -0.15) is 13.2 Å². The molecule has 0 amide bonds. The van der Waals surface area contributed by atoms with Gasteiger partial charge in [0.25, 0.3) is 0 Å². The van der Waals surface area contributed by atoms with Crippen LogP contribution in [0.25, 0.3) is 0 Å². The van der Waals surface area contributed by atoms with E-state index in [0.29, 0.717) is 36.7 Å². The number of nitrogens with zero attached hydrogens (tertiary/aromatic N) is 2. The fourth-order valence-electron chi connectivity index (χ4n) is 2.22. The number of halogens is 3. The molecule has 0 fully saturated rings. The first kappa shape index (κ1) is 20.3. The molecule has 0 aliphatic heterocycles. The molecule has 0 spiro atoms. The van der Waals surface area contributed by atoms with E-state index < -0.39 is 29.1 Å². The highest BCUT2D eigenvalue weighted by atomic mass is 32.2. The van der Waals surface area contributed by atoms with Crippen LogP contribution >= 0.6 is 0 Å². The van der Waals surface area contributed by atoms with E-state index in [9.17, 15) is 17.7 Å². The number of anilines is 2. The average Bonchev–Trinajstić information content (AvgIpc) is 3.02. The van der Waals surface area contributed by atoms with Crippen molar-refractivity contribution in [1.29, 1.82) is 0 Å². The van der Waals surface area contributed by atoms with Gasteiger partial charge in [0.1, 0.15) is 6.26 Å². The van der Waals surface area contributed by atoms with Gasteiger partial charge in [0.15, 0.2) is 11.5 Å². The Bertz CT molecular complexity index is 696. The molecular formula is C15H20F3N5O2S. The molecule has 1 heterocycles. The van der Waals surface area contributed by atoms with Crippen LogP contribution in [-0.2, 0) is 17.5 Å². The zero-order valence-corrected chi connectivity index (χ0v) is 15.1. The van der Waals surface area contributed by atoms with Crippen molar-refractivity contribution in [3.05, 3.63) is 35.5 Å². The monoisotopic (exact) mass is 391 g/mol. The summed E-state index contributed by atoms with van der Waals surface area (Å²) in [6, 6.07) is 4.51. The first-order chi connectivity index (χ1) is 12.3. The Kier molecular flexibility index (Phi) is 7.12. The quantitative estimate of drug-likeness (QED) is 0.447. The van der Waals surface area contributed by atoms with Gasteiger partial charge in [-0.15, -0.1) is 4.72 Å². The Labute approximate surface area is 152 Å². The molecule has 0 aliphatic carbocycles. The number of hydrogen-bond donors (Lipinski definition) is 3. The van der Waals surface area contributed by atoms with Crippen molar-refractivity contribution in [3.8, 4) is 0 Å². The molecule has 11 heteroatoms. The summed E-state index contributed by atoms with van der Waals surface area (Å²) in [4.78, 5) is 0. The summed E-state index contributed by atoms with van der Waals surface area (Å²) >= 11 is -1.06. The van der Waals surface area contributed by atoms with E-state index in [2.05, 4.69) is 25.7 Å². The summed E-state index contributed by atoms with van der Waals surface area (Å²) in [6.45, 7) is 2.85. The van der Waals surface area contributed by atoms with Crippen molar-refractivity contribution < 1.29 is 22.4 Å². The largest absolute Gasteiger partial charge is 0.598 e. The molecule has 0 aliphatic rings. The second-order valence-corrected chi connectivity index (χ2v) is 6.77. The van der Waals surface area contributed by atoms with Crippen LogP contribution < -0.4 is 15.4 Å². The van der Waals surface area contributed by atoms with E-state index >= 15 is 0 Å². The molecule has 3 N–H and O–H groups in total. The van der Waals surface area contributed by atoms with E-state index in [1.165, 1.54) is 6.07 Å². The summed E-state index contributed by atoms with van der Waals surface area (Å²) in [7, 11) is 0. The maximum absolute atomic E-state index is 12.8. The predicted octanol–water partition coefficient (Wildman–Crippen LogP) is 2.95. The van der Waals surface area contributed by atoms with Gasteiger partial charge in [-0.05, 0) is 36.7 Å². The molecule has 0 bridgehead atoms. The summed E-state index contributed by atoms with van der Waals surface area (Å²) in [6.07, 6.45) is -2.16. The highest BCUT2D eigenvalue weighted by Crippen LogP contribution is 2.31. The van der Waals surface area contributed by atoms with Crippen LogP contribution in [0.15, 0.2) is 28.9 Å². The Morgan fingerprint density at radius 3 is 2.73 bits per heavy atom. The number of alkyl halides is 3.